The van der Waals surface area contributed by atoms with E-state index in [9.17, 15) is 19.8 Å². The number of hydrogen-bond donors (Lipinski definition) is 3. The monoisotopic (exact) mass is 487 g/mol. The molecule has 186 valence electrons. The molecule has 0 aliphatic carbocycles. The van der Waals surface area contributed by atoms with E-state index in [2.05, 4.69) is 10.5 Å². The molecule has 0 bridgehead atoms. The molecule has 1 unspecified atom stereocenters. The summed E-state index contributed by atoms with van der Waals surface area (Å²) in [4.78, 5) is 32.6. The summed E-state index contributed by atoms with van der Waals surface area (Å²) in [6.07, 6.45) is -0.482. The fraction of sp³-hybridized carbons (Fsp3) is 0.250. The van der Waals surface area contributed by atoms with Crippen molar-refractivity contribution >= 4 is 17.5 Å². The van der Waals surface area contributed by atoms with Gasteiger partial charge in [-0.25, -0.2) is 0 Å². The summed E-state index contributed by atoms with van der Waals surface area (Å²) in [6.45, 7) is 0.264. The standard InChI is InChI=1S/C28H29N3O5/c1-36-30-23-15-24(16-27(34)29-17-26(33)22-8-5-9-25(32)14-22)31(18-23)28(35)21-12-10-20(11-13-21)19-6-3-2-4-7-19/h2-14,24,26,32-33H,15-18H2,1H3,(H,29,34)/t24-,26?/m0/s1. The van der Waals surface area contributed by atoms with E-state index in [1.807, 2.05) is 42.5 Å². The Labute approximate surface area is 209 Å². The fourth-order valence-electron chi connectivity index (χ4n) is 4.34. The van der Waals surface area contributed by atoms with E-state index in [1.165, 1.54) is 19.2 Å². The van der Waals surface area contributed by atoms with Gasteiger partial charge < -0.3 is 25.3 Å². The molecule has 0 spiro atoms. The maximum absolute atomic E-state index is 13.4. The summed E-state index contributed by atoms with van der Waals surface area (Å²) in [5.74, 6) is -0.441. The lowest BCUT2D eigenvalue weighted by atomic mass is 10.0. The number of carbonyl (C=O) groups excluding carboxylic acids is 2. The van der Waals surface area contributed by atoms with Crippen LogP contribution in [0.3, 0.4) is 0 Å². The van der Waals surface area contributed by atoms with Crippen LogP contribution >= 0.6 is 0 Å². The summed E-state index contributed by atoms with van der Waals surface area (Å²) < 4.78 is 0. The molecular formula is C28H29N3O5. The van der Waals surface area contributed by atoms with E-state index in [1.54, 1.807) is 29.2 Å². The Morgan fingerprint density at radius 2 is 1.78 bits per heavy atom. The molecule has 0 radical (unpaired) electrons. The van der Waals surface area contributed by atoms with E-state index >= 15 is 0 Å². The molecule has 0 aromatic heterocycles. The van der Waals surface area contributed by atoms with Gasteiger partial charge in [0.05, 0.1) is 18.4 Å². The first-order valence-corrected chi connectivity index (χ1v) is 11.7. The zero-order chi connectivity index (χ0) is 25.5. The van der Waals surface area contributed by atoms with Crippen LogP contribution in [0.2, 0.25) is 0 Å². The van der Waals surface area contributed by atoms with Gasteiger partial charge in [-0.1, -0.05) is 59.8 Å². The molecule has 2 amide bonds. The number of hydrogen-bond acceptors (Lipinski definition) is 6. The van der Waals surface area contributed by atoms with Crippen molar-refractivity contribution in [3.8, 4) is 16.9 Å². The number of carbonyl (C=O) groups is 2. The molecule has 1 aliphatic rings. The lowest BCUT2D eigenvalue weighted by Crippen LogP contribution is -2.40. The van der Waals surface area contributed by atoms with Crippen LogP contribution in [0.15, 0.2) is 84.0 Å². The second-order valence-corrected chi connectivity index (χ2v) is 8.69. The van der Waals surface area contributed by atoms with Crippen LogP contribution < -0.4 is 5.32 Å². The van der Waals surface area contributed by atoms with Crippen molar-refractivity contribution in [2.24, 2.45) is 5.16 Å². The van der Waals surface area contributed by atoms with Gasteiger partial charge in [0, 0.05) is 31.0 Å². The Bertz CT molecular complexity index is 1230. The molecular weight excluding hydrogens is 458 g/mol. The van der Waals surface area contributed by atoms with Crippen molar-refractivity contribution in [3.63, 3.8) is 0 Å². The van der Waals surface area contributed by atoms with Crippen LogP contribution in [0, 0.1) is 0 Å². The quantitative estimate of drug-likeness (QED) is 0.421. The Kier molecular flexibility index (Phi) is 7.97. The van der Waals surface area contributed by atoms with E-state index in [4.69, 9.17) is 4.84 Å². The van der Waals surface area contributed by atoms with Gasteiger partial charge in [-0.15, -0.1) is 0 Å². The molecule has 1 aliphatic heterocycles. The van der Waals surface area contributed by atoms with Gasteiger partial charge in [0.25, 0.3) is 5.91 Å². The molecule has 36 heavy (non-hydrogen) atoms. The van der Waals surface area contributed by atoms with E-state index in [0.29, 0.717) is 23.3 Å². The van der Waals surface area contributed by atoms with Crippen LogP contribution in [0.25, 0.3) is 11.1 Å². The number of benzene rings is 3. The first-order chi connectivity index (χ1) is 17.4. The number of phenolic OH excluding ortho intramolecular Hbond substituents is 1. The molecule has 1 heterocycles. The molecule has 2 atom stereocenters. The predicted molar refractivity (Wildman–Crippen MR) is 136 cm³/mol. The minimum atomic E-state index is -0.962. The SMILES string of the molecule is CON=C1C[C@@H](CC(=O)NCC(O)c2cccc(O)c2)N(C(=O)c2ccc(-c3ccccc3)cc2)C1. The summed E-state index contributed by atoms with van der Waals surface area (Å²) in [6, 6.07) is 23.2. The van der Waals surface area contributed by atoms with Gasteiger partial charge in [-0.05, 0) is 41.0 Å². The average molecular weight is 488 g/mol. The summed E-state index contributed by atoms with van der Waals surface area (Å²) in [5, 5.41) is 26.7. The molecule has 8 heteroatoms. The first-order valence-electron chi connectivity index (χ1n) is 11.7. The normalized spacial score (nSPS) is 17.1. The highest BCUT2D eigenvalue weighted by molar-refractivity contribution is 6.01. The van der Waals surface area contributed by atoms with Crippen LogP contribution in [-0.2, 0) is 9.63 Å². The van der Waals surface area contributed by atoms with E-state index in [-0.39, 0.29) is 37.1 Å². The van der Waals surface area contributed by atoms with Crippen molar-refractivity contribution < 1.29 is 24.6 Å². The Morgan fingerprint density at radius 3 is 2.47 bits per heavy atom. The van der Waals surface area contributed by atoms with Crippen molar-refractivity contribution in [1.82, 2.24) is 10.2 Å². The minimum absolute atomic E-state index is 0.0110. The maximum atomic E-state index is 13.4. The lowest BCUT2D eigenvalue weighted by Gasteiger charge is -2.24. The number of nitrogens with zero attached hydrogens (tertiary/aromatic N) is 2. The van der Waals surface area contributed by atoms with Gasteiger partial charge in [0.2, 0.25) is 5.91 Å². The maximum Gasteiger partial charge on any atom is 0.254 e. The third-order valence-corrected chi connectivity index (χ3v) is 6.15. The van der Waals surface area contributed by atoms with Crippen molar-refractivity contribution in [3.05, 3.63) is 90.0 Å². The Hall–Kier alpha value is -4.17. The zero-order valence-corrected chi connectivity index (χ0v) is 20.0. The Morgan fingerprint density at radius 1 is 1.06 bits per heavy atom. The third kappa shape index (κ3) is 6.09. The van der Waals surface area contributed by atoms with Crippen molar-refractivity contribution in [2.45, 2.75) is 25.0 Å². The van der Waals surface area contributed by atoms with Gasteiger partial charge in [0.1, 0.15) is 12.9 Å². The number of aliphatic hydroxyl groups is 1. The van der Waals surface area contributed by atoms with Crippen molar-refractivity contribution in [2.75, 3.05) is 20.2 Å². The molecule has 3 N–H and O–H groups in total. The topological polar surface area (TPSA) is 111 Å². The Balaban J connectivity index is 1.41. The molecule has 3 aromatic carbocycles. The summed E-state index contributed by atoms with van der Waals surface area (Å²) >= 11 is 0. The highest BCUT2D eigenvalue weighted by Crippen LogP contribution is 2.24. The predicted octanol–water partition coefficient (Wildman–Crippen LogP) is 3.52. The van der Waals surface area contributed by atoms with Crippen LogP contribution in [0.4, 0.5) is 0 Å². The molecule has 3 aromatic rings. The number of phenols is 1. The lowest BCUT2D eigenvalue weighted by molar-refractivity contribution is -0.122. The minimum Gasteiger partial charge on any atom is -0.508 e. The van der Waals surface area contributed by atoms with Gasteiger partial charge in [-0.2, -0.15) is 0 Å². The third-order valence-electron chi connectivity index (χ3n) is 6.15. The fourth-order valence-corrected chi connectivity index (χ4v) is 4.34. The van der Waals surface area contributed by atoms with Gasteiger partial charge in [-0.3, -0.25) is 9.59 Å². The number of rotatable bonds is 8. The highest BCUT2D eigenvalue weighted by Gasteiger charge is 2.35. The first kappa shape index (κ1) is 24.9. The number of aliphatic hydroxyl groups excluding tert-OH is 1. The molecule has 4 rings (SSSR count). The largest absolute Gasteiger partial charge is 0.508 e. The highest BCUT2D eigenvalue weighted by atomic mass is 16.6. The second kappa shape index (κ2) is 11.5. The molecule has 0 saturated carbocycles. The van der Waals surface area contributed by atoms with Crippen LogP contribution in [-0.4, -0.2) is 58.9 Å². The van der Waals surface area contributed by atoms with Crippen LogP contribution in [0.1, 0.15) is 34.9 Å². The summed E-state index contributed by atoms with van der Waals surface area (Å²) in [7, 11) is 1.45. The molecule has 8 nitrogen and oxygen atoms in total. The van der Waals surface area contributed by atoms with Crippen molar-refractivity contribution in [1.29, 1.82) is 0 Å². The molecule has 1 fully saturated rings. The number of amides is 2. The molecule has 1 saturated heterocycles. The van der Waals surface area contributed by atoms with Gasteiger partial charge >= 0.3 is 0 Å². The zero-order valence-electron chi connectivity index (χ0n) is 20.0. The van der Waals surface area contributed by atoms with E-state index < -0.39 is 12.1 Å². The van der Waals surface area contributed by atoms with Gasteiger partial charge in [0.15, 0.2) is 0 Å². The summed E-state index contributed by atoms with van der Waals surface area (Å²) in [5.41, 5.74) is 3.79. The van der Waals surface area contributed by atoms with Crippen LogP contribution in [0.5, 0.6) is 5.75 Å². The average Bonchev–Trinajstić information content (AvgIpc) is 3.29. The number of aromatic hydroxyl groups is 1. The van der Waals surface area contributed by atoms with E-state index in [0.717, 1.165) is 11.1 Å². The number of nitrogens with one attached hydrogen (secondary N) is 1. The number of oxime groups is 1. The smallest absolute Gasteiger partial charge is 0.254 e. The second-order valence-electron chi connectivity index (χ2n) is 8.69. The number of likely N-dealkylation sites (tertiary alicyclic amines) is 1.